The van der Waals surface area contributed by atoms with Gasteiger partial charge in [-0.25, -0.2) is 9.98 Å². The molecule has 0 unspecified atom stereocenters. The summed E-state index contributed by atoms with van der Waals surface area (Å²) < 4.78 is 5.10. The number of ether oxygens (including phenoxy) is 1. The first kappa shape index (κ1) is 15.3. The highest BCUT2D eigenvalue weighted by Gasteiger charge is 2.11. The van der Waals surface area contributed by atoms with Crippen LogP contribution in [0.3, 0.4) is 0 Å². The maximum Gasteiger partial charge on any atom is 0.213 e. The van der Waals surface area contributed by atoms with E-state index in [4.69, 9.17) is 4.74 Å². The van der Waals surface area contributed by atoms with E-state index in [0.29, 0.717) is 12.4 Å². The largest absolute Gasteiger partial charge is 0.481 e. The van der Waals surface area contributed by atoms with Crippen molar-refractivity contribution in [3.8, 4) is 5.88 Å². The number of nitrogens with zero attached hydrogens (tertiary/aromatic N) is 2. The minimum Gasteiger partial charge on any atom is -0.481 e. The molecule has 0 atom stereocenters. The second-order valence-corrected chi connectivity index (χ2v) is 5.24. The third-order valence-corrected chi connectivity index (χ3v) is 2.23. The highest BCUT2D eigenvalue weighted by molar-refractivity contribution is 5.80. The first-order valence-electron chi connectivity index (χ1n) is 6.51. The molecule has 106 valence electrons. The molecule has 0 amide bonds. The Bertz CT molecular complexity index is 424. The van der Waals surface area contributed by atoms with Gasteiger partial charge in [0.15, 0.2) is 5.96 Å². The van der Waals surface area contributed by atoms with Gasteiger partial charge < -0.3 is 15.4 Å². The lowest BCUT2D eigenvalue weighted by Gasteiger charge is -2.23. The molecule has 5 nitrogen and oxygen atoms in total. The Morgan fingerprint density at radius 3 is 2.68 bits per heavy atom. The van der Waals surface area contributed by atoms with Crippen LogP contribution in [0.4, 0.5) is 0 Å². The van der Waals surface area contributed by atoms with Crippen LogP contribution in [0.25, 0.3) is 0 Å². The van der Waals surface area contributed by atoms with Gasteiger partial charge in [-0.2, -0.15) is 0 Å². The number of aliphatic imine (C=N–C) groups is 1. The van der Waals surface area contributed by atoms with Crippen LogP contribution < -0.4 is 15.4 Å². The van der Waals surface area contributed by atoms with Crippen molar-refractivity contribution in [2.45, 2.75) is 39.8 Å². The lowest BCUT2D eigenvalue weighted by atomic mass is 10.1. The van der Waals surface area contributed by atoms with Gasteiger partial charge in [0.2, 0.25) is 5.88 Å². The molecule has 0 fully saturated rings. The van der Waals surface area contributed by atoms with Crippen LogP contribution in [-0.2, 0) is 6.54 Å². The summed E-state index contributed by atoms with van der Waals surface area (Å²) in [5.41, 5.74) is 0.855. The van der Waals surface area contributed by atoms with Gasteiger partial charge in [-0.15, -0.1) is 0 Å². The molecule has 0 saturated heterocycles. The molecule has 5 heteroatoms. The summed E-state index contributed by atoms with van der Waals surface area (Å²) in [5.74, 6) is 1.40. The molecule has 1 heterocycles. The Labute approximate surface area is 115 Å². The standard InChI is InChI=1S/C14H24N4O/c1-6-15-13(18-14(2,3)4)16-10-11-8-7-9-12(17-11)19-5/h7-9H,6,10H2,1-5H3,(H2,15,16,18). The molecular formula is C14H24N4O. The predicted octanol–water partition coefficient (Wildman–Crippen LogP) is 1.94. The summed E-state index contributed by atoms with van der Waals surface area (Å²) in [5, 5.41) is 6.55. The summed E-state index contributed by atoms with van der Waals surface area (Å²) in [6, 6.07) is 5.68. The molecule has 0 bridgehead atoms. The summed E-state index contributed by atoms with van der Waals surface area (Å²) in [6.07, 6.45) is 0. The fraction of sp³-hybridized carbons (Fsp3) is 0.571. The molecule has 0 aromatic carbocycles. The van der Waals surface area contributed by atoms with Crippen molar-refractivity contribution in [2.24, 2.45) is 4.99 Å². The molecule has 0 spiro atoms. The van der Waals surface area contributed by atoms with E-state index in [0.717, 1.165) is 18.2 Å². The van der Waals surface area contributed by atoms with E-state index in [2.05, 4.69) is 41.4 Å². The van der Waals surface area contributed by atoms with Crippen molar-refractivity contribution in [2.75, 3.05) is 13.7 Å². The Hall–Kier alpha value is -1.78. The topological polar surface area (TPSA) is 58.5 Å². The zero-order chi connectivity index (χ0) is 14.3. The fourth-order valence-electron chi connectivity index (χ4n) is 1.48. The number of pyridine rings is 1. The van der Waals surface area contributed by atoms with Gasteiger partial charge in [0, 0.05) is 18.2 Å². The third-order valence-electron chi connectivity index (χ3n) is 2.23. The molecule has 1 rings (SSSR count). The van der Waals surface area contributed by atoms with Gasteiger partial charge in [0.1, 0.15) is 0 Å². The molecule has 0 aliphatic heterocycles. The quantitative estimate of drug-likeness (QED) is 0.644. The lowest BCUT2D eigenvalue weighted by molar-refractivity contribution is 0.396. The van der Waals surface area contributed by atoms with Gasteiger partial charge in [-0.05, 0) is 33.8 Å². The van der Waals surface area contributed by atoms with E-state index in [-0.39, 0.29) is 5.54 Å². The normalized spacial score (nSPS) is 12.2. The van der Waals surface area contributed by atoms with Crippen molar-refractivity contribution in [1.82, 2.24) is 15.6 Å². The maximum absolute atomic E-state index is 5.10. The third kappa shape index (κ3) is 6.08. The van der Waals surface area contributed by atoms with Crippen molar-refractivity contribution in [3.63, 3.8) is 0 Å². The van der Waals surface area contributed by atoms with Crippen LogP contribution in [0.1, 0.15) is 33.4 Å². The van der Waals surface area contributed by atoms with Crippen LogP contribution in [-0.4, -0.2) is 30.1 Å². The molecule has 0 aliphatic rings. The maximum atomic E-state index is 5.10. The first-order valence-corrected chi connectivity index (χ1v) is 6.51. The van der Waals surface area contributed by atoms with E-state index in [1.807, 2.05) is 25.1 Å². The van der Waals surface area contributed by atoms with Gasteiger partial charge in [-0.1, -0.05) is 6.07 Å². The smallest absolute Gasteiger partial charge is 0.213 e. The number of guanidine groups is 1. The monoisotopic (exact) mass is 264 g/mol. The molecule has 19 heavy (non-hydrogen) atoms. The van der Waals surface area contributed by atoms with Crippen molar-refractivity contribution in [1.29, 1.82) is 0 Å². The van der Waals surface area contributed by atoms with E-state index in [9.17, 15) is 0 Å². The molecular weight excluding hydrogens is 240 g/mol. The van der Waals surface area contributed by atoms with Crippen molar-refractivity contribution < 1.29 is 4.74 Å². The number of methoxy groups -OCH3 is 1. The second kappa shape index (κ2) is 6.97. The molecule has 1 aromatic rings. The number of hydrogen-bond acceptors (Lipinski definition) is 3. The second-order valence-electron chi connectivity index (χ2n) is 5.24. The Kier molecular flexibility index (Phi) is 5.60. The van der Waals surface area contributed by atoms with E-state index < -0.39 is 0 Å². The van der Waals surface area contributed by atoms with Crippen molar-refractivity contribution >= 4 is 5.96 Å². The van der Waals surface area contributed by atoms with Gasteiger partial charge in [0.05, 0.1) is 19.3 Å². The SMILES string of the molecule is CCNC(=NCc1cccc(OC)n1)NC(C)(C)C. The van der Waals surface area contributed by atoms with Gasteiger partial charge >= 0.3 is 0 Å². The highest BCUT2D eigenvalue weighted by Crippen LogP contribution is 2.07. The molecule has 0 saturated carbocycles. The van der Waals surface area contributed by atoms with E-state index in [1.165, 1.54) is 0 Å². The minimum absolute atomic E-state index is 0.0250. The fourth-order valence-corrected chi connectivity index (χ4v) is 1.48. The van der Waals surface area contributed by atoms with Crippen LogP contribution in [0, 0.1) is 0 Å². The van der Waals surface area contributed by atoms with Gasteiger partial charge in [-0.3, -0.25) is 0 Å². The van der Waals surface area contributed by atoms with Crippen molar-refractivity contribution in [3.05, 3.63) is 23.9 Å². The van der Waals surface area contributed by atoms with Crippen LogP contribution in [0.2, 0.25) is 0 Å². The Balaban J connectivity index is 2.73. The zero-order valence-electron chi connectivity index (χ0n) is 12.4. The predicted molar refractivity (Wildman–Crippen MR) is 78.5 cm³/mol. The molecule has 0 radical (unpaired) electrons. The zero-order valence-corrected chi connectivity index (χ0v) is 12.4. The minimum atomic E-state index is -0.0250. The molecule has 0 aliphatic carbocycles. The highest BCUT2D eigenvalue weighted by atomic mass is 16.5. The summed E-state index contributed by atoms with van der Waals surface area (Å²) >= 11 is 0. The van der Waals surface area contributed by atoms with E-state index >= 15 is 0 Å². The summed E-state index contributed by atoms with van der Waals surface area (Å²) in [7, 11) is 1.61. The number of hydrogen-bond donors (Lipinski definition) is 2. The van der Waals surface area contributed by atoms with Crippen LogP contribution in [0.15, 0.2) is 23.2 Å². The lowest BCUT2D eigenvalue weighted by Crippen LogP contribution is -2.47. The number of rotatable bonds is 4. The van der Waals surface area contributed by atoms with E-state index in [1.54, 1.807) is 7.11 Å². The Morgan fingerprint density at radius 2 is 2.11 bits per heavy atom. The first-order chi connectivity index (χ1) is 8.94. The van der Waals surface area contributed by atoms with Gasteiger partial charge in [0.25, 0.3) is 0 Å². The molecule has 2 N–H and O–H groups in total. The number of aromatic nitrogens is 1. The average Bonchev–Trinajstić information content (AvgIpc) is 2.35. The summed E-state index contributed by atoms with van der Waals surface area (Å²) in [6.45, 7) is 9.69. The summed E-state index contributed by atoms with van der Waals surface area (Å²) in [4.78, 5) is 8.86. The van der Waals surface area contributed by atoms with Crippen LogP contribution in [0.5, 0.6) is 5.88 Å². The number of nitrogens with one attached hydrogen (secondary N) is 2. The Morgan fingerprint density at radius 1 is 1.37 bits per heavy atom. The molecule has 1 aromatic heterocycles. The van der Waals surface area contributed by atoms with Crippen LogP contribution >= 0.6 is 0 Å². The average molecular weight is 264 g/mol.